The number of hydrogen-bond acceptors (Lipinski definition) is 2. The van der Waals surface area contributed by atoms with Gasteiger partial charge in [0.05, 0.1) is 12.1 Å². The van der Waals surface area contributed by atoms with Gasteiger partial charge in [-0.15, -0.1) is 0 Å². The fourth-order valence-electron chi connectivity index (χ4n) is 0.897. The molecule has 0 aliphatic carbocycles. The molecule has 0 atom stereocenters. The molecule has 0 aromatic heterocycles. The summed E-state index contributed by atoms with van der Waals surface area (Å²) in [4.78, 5) is 2.52. The van der Waals surface area contributed by atoms with E-state index in [1.165, 1.54) is 0 Å². The van der Waals surface area contributed by atoms with Crippen LogP contribution in [0.5, 0.6) is 5.75 Å². The molecule has 4 heteroatoms. The normalized spacial score (nSPS) is 9.92. The molecule has 1 rings (SSSR count). The van der Waals surface area contributed by atoms with Gasteiger partial charge in [-0.2, -0.15) is 0 Å². The molecule has 0 fully saturated rings. The monoisotopic (exact) mass is 205 g/mol. The minimum absolute atomic E-state index is 0.589. The van der Waals surface area contributed by atoms with Crippen LogP contribution in [-0.4, -0.2) is 7.11 Å². The Morgan fingerprint density at radius 1 is 1.50 bits per heavy atom. The van der Waals surface area contributed by atoms with Gasteiger partial charge in [0.15, 0.2) is 0 Å². The lowest BCUT2D eigenvalue weighted by atomic mass is 10.2. The first-order chi connectivity index (χ1) is 5.77. The van der Waals surface area contributed by atoms with Crippen LogP contribution in [0.2, 0.25) is 5.02 Å². The van der Waals surface area contributed by atoms with Gasteiger partial charge >= 0.3 is 0 Å². The summed E-state index contributed by atoms with van der Waals surface area (Å²) in [5.41, 5.74) is 1.02. The van der Waals surface area contributed by atoms with E-state index in [0.717, 1.165) is 5.56 Å². The van der Waals surface area contributed by atoms with E-state index >= 15 is 0 Å². The van der Waals surface area contributed by atoms with Gasteiger partial charge in [-0.05, 0) is 29.5 Å². The predicted octanol–water partition coefficient (Wildman–Crippen LogP) is 2.59. The summed E-state index contributed by atoms with van der Waals surface area (Å²) < 4.78 is 4.99. The SMILES string of the molecule is COc1ccc(CNCl)cc1Cl. The molecule has 0 unspecified atom stereocenters. The minimum atomic E-state index is 0.589. The highest BCUT2D eigenvalue weighted by molar-refractivity contribution is 6.32. The first kappa shape index (κ1) is 9.65. The van der Waals surface area contributed by atoms with Crippen LogP contribution in [-0.2, 0) is 6.54 Å². The molecule has 0 spiro atoms. The summed E-state index contributed by atoms with van der Waals surface area (Å²) in [5.74, 6) is 0.676. The summed E-state index contributed by atoms with van der Waals surface area (Å²) in [6.07, 6.45) is 0. The molecule has 1 N–H and O–H groups in total. The van der Waals surface area contributed by atoms with Crippen LogP contribution in [0.15, 0.2) is 18.2 Å². The Labute approximate surface area is 81.5 Å². The second kappa shape index (κ2) is 4.55. The first-order valence-corrected chi connectivity index (χ1v) is 4.19. The summed E-state index contributed by atoms with van der Waals surface area (Å²) in [7, 11) is 1.58. The van der Waals surface area contributed by atoms with E-state index in [1.807, 2.05) is 18.2 Å². The third kappa shape index (κ3) is 2.27. The summed E-state index contributed by atoms with van der Waals surface area (Å²) in [6.45, 7) is 0.589. The van der Waals surface area contributed by atoms with Crippen molar-refractivity contribution in [1.29, 1.82) is 0 Å². The third-order valence-corrected chi connectivity index (χ3v) is 1.92. The van der Waals surface area contributed by atoms with Gasteiger partial charge < -0.3 is 4.74 Å². The second-order valence-electron chi connectivity index (χ2n) is 2.28. The van der Waals surface area contributed by atoms with Gasteiger partial charge in [-0.25, -0.2) is 4.84 Å². The van der Waals surface area contributed by atoms with Crippen molar-refractivity contribution in [3.8, 4) is 5.75 Å². The molecule has 0 radical (unpaired) electrons. The minimum Gasteiger partial charge on any atom is -0.495 e. The maximum absolute atomic E-state index is 5.87. The Morgan fingerprint density at radius 2 is 2.25 bits per heavy atom. The van der Waals surface area contributed by atoms with Gasteiger partial charge in [0.25, 0.3) is 0 Å². The fraction of sp³-hybridized carbons (Fsp3) is 0.250. The van der Waals surface area contributed by atoms with Crippen LogP contribution in [0.3, 0.4) is 0 Å². The van der Waals surface area contributed by atoms with Crippen molar-refractivity contribution in [2.45, 2.75) is 6.54 Å². The van der Waals surface area contributed by atoms with Crippen LogP contribution in [0.4, 0.5) is 0 Å². The highest BCUT2D eigenvalue weighted by atomic mass is 35.5. The van der Waals surface area contributed by atoms with Crippen molar-refractivity contribution < 1.29 is 4.74 Å². The maximum atomic E-state index is 5.87. The molecule has 1 aromatic carbocycles. The highest BCUT2D eigenvalue weighted by Gasteiger charge is 2.00. The van der Waals surface area contributed by atoms with E-state index < -0.39 is 0 Å². The van der Waals surface area contributed by atoms with Gasteiger partial charge in [0, 0.05) is 6.54 Å². The van der Waals surface area contributed by atoms with E-state index in [1.54, 1.807) is 7.11 Å². The van der Waals surface area contributed by atoms with Crippen molar-refractivity contribution in [2.24, 2.45) is 0 Å². The molecule has 0 saturated heterocycles. The Kier molecular flexibility index (Phi) is 3.66. The molecule has 0 amide bonds. The van der Waals surface area contributed by atoms with E-state index in [-0.39, 0.29) is 0 Å². The molecule has 0 aliphatic rings. The number of benzene rings is 1. The van der Waals surface area contributed by atoms with Crippen molar-refractivity contribution in [1.82, 2.24) is 4.84 Å². The predicted molar refractivity (Wildman–Crippen MR) is 50.7 cm³/mol. The number of halogens is 2. The zero-order valence-electron chi connectivity index (χ0n) is 6.60. The Balaban J connectivity index is 2.86. The van der Waals surface area contributed by atoms with Crippen molar-refractivity contribution in [3.05, 3.63) is 28.8 Å². The fourth-order valence-corrected chi connectivity index (χ4v) is 1.33. The molecule has 66 valence electrons. The van der Waals surface area contributed by atoms with Crippen LogP contribution in [0.1, 0.15) is 5.56 Å². The van der Waals surface area contributed by atoms with Gasteiger partial charge in [-0.1, -0.05) is 17.7 Å². The molecule has 0 saturated carbocycles. The third-order valence-electron chi connectivity index (χ3n) is 1.49. The van der Waals surface area contributed by atoms with Crippen LogP contribution >= 0.6 is 23.4 Å². The topological polar surface area (TPSA) is 21.3 Å². The molecule has 0 aliphatic heterocycles. The lowest BCUT2D eigenvalue weighted by Gasteiger charge is -2.04. The lowest BCUT2D eigenvalue weighted by molar-refractivity contribution is 0.415. The number of hydrogen-bond donors (Lipinski definition) is 1. The molecule has 0 bridgehead atoms. The zero-order valence-corrected chi connectivity index (χ0v) is 8.12. The molecule has 2 nitrogen and oxygen atoms in total. The Morgan fingerprint density at radius 3 is 2.75 bits per heavy atom. The quantitative estimate of drug-likeness (QED) is 0.767. The van der Waals surface area contributed by atoms with Crippen molar-refractivity contribution in [2.75, 3.05) is 7.11 Å². The molecule has 1 aromatic rings. The number of methoxy groups -OCH3 is 1. The molecule has 12 heavy (non-hydrogen) atoms. The van der Waals surface area contributed by atoms with E-state index in [0.29, 0.717) is 17.3 Å². The average molecular weight is 206 g/mol. The van der Waals surface area contributed by atoms with Gasteiger partial charge in [-0.3, -0.25) is 0 Å². The summed E-state index contributed by atoms with van der Waals surface area (Å²) in [6, 6.07) is 5.53. The van der Waals surface area contributed by atoms with Gasteiger partial charge in [0.2, 0.25) is 0 Å². The number of ether oxygens (including phenoxy) is 1. The lowest BCUT2D eigenvalue weighted by Crippen LogP contribution is -1.98. The Bertz CT molecular complexity index is 265. The van der Waals surface area contributed by atoms with E-state index in [4.69, 9.17) is 28.1 Å². The standard InChI is InChI=1S/C8H9Cl2NO/c1-12-8-3-2-6(5-11-10)4-7(8)9/h2-4,11H,5H2,1H3. The van der Waals surface area contributed by atoms with E-state index in [2.05, 4.69) is 4.84 Å². The van der Waals surface area contributed by atoms with Crippen molar-refractivity contribution >= 4 is 23.4 Å². The Hall–Kier alpha value is -0.440. The maximum Gasteiger partial charge on any atom is 0.137 e. The number of nitrogens with one attached hydrogen (secondary N) is 1. The summed E-state index contributed by atoms with van der Waals surface area (Å²) >= 11 is 11.2. The first-order valence-electron chi connectivity index (χ1n) is 3.44. The van der Waals surface area contributed by atoms with Crippen LogP contribution in [0.25, 0.3) is 0 Å². The molecular formula is C8H9Cl2NO. The number of rotatable bonds is 3. The van der Waals surface area contributed by atoms with Crippen LogP contribution < -0.4 is 9.57 Å². The van der Waals surface area contributed by atoms with Gasteiger partial charge in [0.1, 0.15) is 5.75 Å². The second-order valence-corrected chi connectivity index (χ2v) is 2.95. The average Bonchev–Trinajstić information content (AvgIpc) is 2.05. The smallest absolute Gasteiger partial charge is 0.137 e. The van der Waals surface area contributed by atoms with Crippen LogP contribution in [0, 0.1) is 0 Å². The van der Waals surface area contributed by atoms with Crippen molar-refractivity contribution in [3.63, 3.8) is 0 Å². The zero-order chi connectivity index (χ0) is 8.97. The molecular weight excluding hydrogens is 197 g/mol. The van der Waals surface area contributed by atoms with E-state index in [9.17, 15) is 0 Å². The summed E-state index contributed by atoms with van der Waals surface area (Å²) in [5, 5.41) is 0.599. The largest absolute Gasteiger partial charge is 0.495 e. The molecule has 0 heterocycles. The highest BCUT2D eigenvalue weighted by Crippen LogP contribution is 2.24.